The Morgan fingerprint density at radius 3 is 2.41 bits per heavy atom. The van der Waals surface area contributed by atoms with Gasteiger partial charge in [0.2, 0.25) is 5.91 Å². The molecule has 0 heterocycles. The van der Waals surface area contributed by atoms with Crippen LogP contribution in [0.2, 0.25) is 0 Å². The summed E-state index contributed by atoms with van der Waals surface area (Å²) in [5.41, 5.74) is 2.01. The Morgan fingerprint density at radius 2 is 1.91 bits per heavy atom. The van der Waals surface area contributed by atoms with Gasteiger partial charge in [0.15, 0.2) is 0 Å². The Bertz CT molecular complexity index is 547. The number of carbonyl (C=O) groups excluding carboxylic acids is 2. The van der Waals surface area contributed by atoms with E-state index in [1.165, 1.54) is 7.11 Å². The lowest BCUT2D eigenvalue weighted by Crippen LogP contribution is -2.30. The third-order valence-electron chi connectivity index (χ3n) is 3.40. The van der Waals surface area contributed by atoms with Gasteiger partial charge in [-0.3, -0.25) is 4.79 Å². The molecule has 0 aliphatic carbocycles. The van der Waals surface area contributed by atoms with Gasteiger partial charge in [-0.25, -0.2) is 4.79 Å². The van der Waals surface area contributed by atoms with Crippen LogP contribution < -0.4 is 10.6 Å². The first-order chi connectivity index (χ1) is 10.2. The zero-order chi connectivity index (χ0) is 16.9. The summed E-state index contributed by atoms with van der Waals surface area (Å²) in [4.78, 5) is 23.8. The molecule has 122 valence electrons. The molecule has 2 N–H and O–H groups in total. The van der Waals surface area contributed by atoms with Gasteiger partial charge in [-0.15, -0.1) is 0 Å². The standard InChI is InChI=1S/C17H26N2O3/c1-7-13(15(20)22-6)18-12-9-8-11(2)14(10-12)19-16(21)17(3,4)5/h8-10,13,18H,7H2,1-6H3,(H,19,21)/t13-/m1/s1. The Balaban J connectivity index is 2.94. The number of methoxy groups -OCH3 is 1. The van der Waals surface area contributed by atoms with Gasteiger partial charge in [-0.05, 0) is 31.0 Å². The molecule has 0 fully saturated rings. The molecule has 5 nitrogen and oxygen atoms in total. The number of hydrogen-bond acceptors (Lipinski definition) is 4. The number of anilines is 2. The fraction of sp³-hybridized carbons (Fsp3) is 0.529. The van der Waals surface area contributed by atoms with E-state index in [1.54, 1.807) is 0 Å². The van der Waals surface area contributed by atoms with Gasteiger partial charge in [0.05, 0.1) is 7.11 Å². The van der Waals surface area contributed by atoms with E-state index in [0.29, 0.717) is 6.42 Å². The number of benzene rings is 1. The number of hydrogen-bond donors (Lipinski definition) is 2. The molecule has 1 rings (SSSR count). The van der Waals surface area contributed by atoms with E-state index >= 15 is 0 Å². The van der Waals surface area contributed by atoms with Crippen LogP contribution in [0.25, 0.3) is 0 Å². The number of amides is 1. The smallest absolute Gasteiger partial charge is 0.328 e. The summed E-state index contributed by atoms with van der Waals surface area (Å²) in [7, 11) is 1.37. The van der Waals surface area contributed by atoms with E-state index < -0.39 is 11.5 Å². The third kappa shape index (κ3) is 4.76. The second-order valence-electron chi connectivity index (χ2n) is 6.36. The number of aryl methyl sites for hydroxylation is 1. The molecule has 0 bridgehead atoms. The average Bonchev–Trinajstić information content (AvgIpc) is 2.46. The Hall–Kier alpha value is -2.04. The van der Waals surface area contributed by atoms with Crippen LogP contribution in [-0.4, -0.2) is 25.0 Å². The number of rotatable bonds is 5. The summed E-state index contributed by atoms with van der Waals surface area (Å²) < 4.78 is 4.77. The summed E-state index contributed by atoms with van der Waals surface area (Å²) in [5, 5.41) is 6.06. The minimum absolute atomic E-state index is 0.0484. The van der Waals surface area contributed by atoms with Gasteiger partial charge in [0.25, 0.3) is 0 Å². The van der Waals surface area contributed by atoms with Crippen LogP contribution in [-0.2, 0) is 14.3 Å². The van der Waals surface area contributed by atoms with Gasteiger partial charge in [0, 0.05) is 16.8 Å². The van der Waals surface area contributed by atoms with Crippen LogP contribution in [0.15, 0.2) is 18.2 Å². The van der Waals surface area contributed by atoms with Crippen LogP contribution in [0.4, 0.5) is 11.4 Å². The number of ether oxygens (including phenoxy) is 1. The van der Waals surface area contributed by atoms with E-state index in [1.807, 2.05) is 52.8 Å². The average molecular weight is 306 g/mol. The second kappa shape index (κ2) is 7.29. The number of nitrogens with one attached hydrogen (secondary N) is 2. The lowest BCUT2D eigenvalue weighted by Gasteiger charge is -2.20. The van der Waals surface area contributed by atoms with E-state index in [-0.39, 0.29) is 11.9 Å². The highest BCUT2D eigenvalue weighted by Crippen LogP contribution is 2.24. The summed E-state index contributed by atoms with van der Waals surface area (Å²) in [6.45, 7) is 9.43. The van der Waals surface area contributed by atoms with Gasteiger partial charge in [-0.2, -0.15) is 0 Å². The zero-order valence-corrected chi connectivity index (χ0v) is 14.2. The minimum Gasteiger partial charge on any atom is -0.467 e. The molecule has 0 spiro atoms. The molecule has 0 saturated carbocycles. The molecule has 0 aromatic heterocycles. The Kier molecular flexibility index (Phi) is 5.97. The summed E-state index contributed by atoms with van der Waals surface area (Å²) in [5.74, 6) is -0.351. The van der Waals surface area contributed by atoms with Crippen LogP contribution in [0, 0.1) is 12.3 Å². The molecule has 0 saturated heterocycles. The summed E-state index contributed by atoms with van der Waals surface area (Å²) >= 11 is 0. The van der Waals surface area contributed by atoms with Gasteiger partial charge >= 0.3 is 5.97 Å². The summed E-state index contributed by atoms with van der Waals surface area (Å²) in [6, 6.07) is 5.22. The van der Waals surface area contributed by atoms with Gasteiger partial charge in [0.1, 0.15) is 6.04 Å². The summed E-state index contributed by atoms with van der Waals surface area (Å²) in [6.07, 6.45) is 0.615. The first-order valence-corrected chi connectivity index (χ1v) is 7.45. The molecule has 0 unspecified atom stereocenters. The maximum Gasteiger partial charge on any atom is 0.328 e. The quantitative estimate of drug-likeness (QED) is 0.819. The van der Waals surface area contributed by atoms with Crippen molar-refractivity contribution in [3.05, 3.63) is 23.8 Å². The van der Waals surface area contributed by atoms with Crippen molar-refractivity contribution in [1.82, 2.24) is 0 Å². The number of carbonyl (C=O) groups is 2. The Labute approximate surface area is 132 Å². The highest BCUT2D eigenvalue weighted by molar-refractivity contribution is 5.95. The SMILES string of the molecule is CC[C@@H](Nc1ccc(C)c(NC(=O)C(C)(C)C)c1)C(=O)OC. The molecule has 0 aliphatic rings. The van der Waals surface area contributed by atoms with Crippen molar-refractivity contribution in [2.75, 3.05) is 17.7 Å². The maximum absolute atomic E-state index is 12.1. The van der Waals surface area contributed by atoms with Crippen molar-refractivity contribution in [2.45, 2.75) is 47.1 Å². The Morgan fingerprint density at radius 1 is 1.27 bits per heavy atom. The fourth-order valence-electron chi connectivity index (χ4n) is 1.83. The molecular formula is C17H26N2O3. The topological polar surface area (TPSA) is 67.4 Å². The molecule has 1 amide bonds. The van der Waals surface area contributed by atoms with E-state index in [0.717, 1.165) is 16.9 Å². The van der Waals surface area contributed by atoms with Crippen LogP contribution in [0.3, 0.4) is 0 Å². The molecule has 5 heteroatoms. The molecule has 0 aliphatic heterocycles. The van der Waals surface area contributed by atoms with Crippen molar-refractivity contribution in [1.29, 1.82) is 0 Å². The molecule has 0 radical (unpaired) electrons. The first-order valence-electron chi connectivity index (χ1n) is 7.45. The van der Waals surface area contributed by atoms with Crippen molar-refractivity contribution < 1.29 is 14.3 Å². The lowest BCUT2D eigenvalue weighted by molar-refractivity contribution is -0.141. The number of esters is 1. The fourth-order valence-corrected chi connectivity index (χ4v) is 1.83. The molecule has 1 atom stereocenters. The van der Waals surface area contributed by atoms with E-state index in [2.05, 4.69) is 10.6 Å². The monoisotopic (exact) mass is 306 g/mol. The zero-order valence-electron chi connectivity index (χ0n) is 14.2. The lowest BCUT2D eigenvalue weighted by atomic mass is 9.95. The molecule has 22 heavy (non-hydrogen) atoms. The van der Waals surface area contributed by atoms with Crippen LogP contribution in [0.5, 0.6) is 0 Å². The van der Waals surface area contributed by atoms with Crippen molar-refractivity contribution in [3.8, 4) is 0 Å². The predicted octanol–water partition coefficient (Wildman–Crippen LogP) is 3.34. The normalized spacial score (nSPS) is 12.5. The molecule has 1 aromatic rings. The predicted molar refractivity (Wildman–Crippen MR) is 89.0 cm³/mol. The minimum atomic E-state index is -0.464. The highest BCUT2D eigenvalue weighted by atomic mass is 16.5. The van der Waals surface area contributed by atoms with Crippen molar-refractivity contribution in [2.24, 2.45) is 5.41 Å². The molecule has 1 aromatic carbocycles. The maximum atomic E-state index is 12.1. The first kappa shape index (κ1) is 18.0. The van der Waals surface area contributed by atoms with E-state index in [9.17, 15) is 9.59 Å². The largest absolute Gasteiger partial charge is 0.467 e. The highest BCUT2D eigenvalue weighted by Gasteiger charge is 2.22. The van der Waals surface area contributed by atoms with E-state index in [4.69, 9.17) is 4.74 Å². The van der Waals surface area contributed by atoms with Crippen molar-refractivity contribution >= 4 is 23.3 Å². The molecular weight excluding hydrogens is 280 g/mol. The van der Waals surface area contributed by atoms with Crippen LogP contribution in [0.1, 0.15) is 39.7 Å². The third-order valence-corrected chi connectivity index (χ3v) is 3.40. The van der Waals surface area contributed by atoms with Crippen LogP contribution >= 0.6 is 0 Å². The van der Waals surface area contributed by atoms with Gasteiger partial charge in [-0.1, -0.05) is 33.8 Å². The van der Waals surface area contributed by atoms with Crippen molar-refractivity contribution in [3.63, 3.8) is 0 Å². The second-order valence-corrected chi connectivity index (χ2v) is 6.36. The van der Waals surface area contributed by atoms with Gasteiger partial charge < -0.3 is 15.4 Å².